The van der Waals surface area contributed by atoms with Crippen molar-refractivity contribution >= 4 is 5.71 Å². The number of hydrogen-bond acceptors (Lipinski definition) is 5. The third kappa shape index (κ3) is 1.88. The third-order valence-electron chi connectivity index (χ3n) is 6.40. The predicted molar refractivity (Wildman–Crippen MR) is 82.0 cm³/mol. The Labute approximate surface area is 135 Å². The Morgan fingerprint density at radius 1 is 1.35 bits per heavy atom. The summed E-state index contributed by atoms with van der Waals surface area (Å²) in [5.74, 6) is -0.185. The van der Waals surface area contributed by atoms with Crippen LogP contribution in [-0.4, -0.2) is 58.3 Å². The minimum absolute atomic E-state index is 0.185. The third-order valence-corrected chi connectivity index (χ3v) is 6.40. The van der Waals surface area contributed by atoms with Gasteiger partial charge in [-0.3, -0.25) is 15.6 Å². The SMILES string of the molecule is [O-][N+]1=C2CCC=C(NO)[C@@]2(O)[C@H]2CCCC[C@]21[NH+]1CCOCC1. The first-order valence-electron chi connectivity index (χ1n) is 8.75. The van der Waals surface area contributed by atoms with Gasteiger partial charge < -0.3 is 15.1 Å². The number of quaternary nitrogens is 1. The van der Waals surface area contributed by atoms with Gasteiger partial charge in [-0.1, -0.05) is 12.5 Å². The number of rotatable bonds is 2. The summed E-state index contributed by atoms with van der Waals surface area (Å²) in [6, 6.07) is 0. The van der Waals surface area contributed by atoms with E-state index in [-0.39, 0.29) is 5.92 Å². The van der Waals surface area contributed by atoms with Gasteiger partial charge in [0.25, 0.3) is 0 Å². The lowest BCUT2D eigenvalue weighted by Crippen LogP contribution is -3.24. The molecule has 7 nitrogen and oxygen atoms in total. The molecule has 2 aliphatic heterocycles. The van der Waals surface area contributed by atoms with Crippen LogP contribution in [0.2, 0.25) is 0 Å². The van der Waals surface area contributed by atoms with Crippen molar-refractivity contribution in [3.05, 3.63) is 17.0 Å². The summed E-state index contributed by atoms with van der Waals surface area (Å²) in [5.41, 5.74) is 1.13. The second-order valence-electron chi connectivity index (χ2n) is 7.21. The Kier molecular flexibility index (Phi) is 3.64. The highest BCUT2D eigenvalue weighted by Crippen LogP contribution is 2.49. The molecule has 2 aliphatic carbocycles. The molecule has 23 heavy (non-hydrogen) atoms. The average molecular weight is 324 g/mol. The first kappa shape index (κ1) is 15.4. The minimum atomic E-state index is -1.35. The summed E-state index contributed by atoms with van der Waals surface area (Å²) < 4.78 is 6.62. The molecule has 3 atom stereocenters. The lowest BCUT2D eigenvalue weighted by Gasteiger charge is -2.45. The van der Waals surface area contributed by atoms with Gasteiger partial charge in [0.2, 0.25) is 11.3 Å². The van der Waals surface area contributed by atoms with E-state index in [2.05, 4.69) is 5.48 Å². The molecule has 0 radical (unpaired) electrons. The number of fused-ring (bicyclic) bond motifs is 3. The Bertz CT molecular complexity index is 558. The largest absolute Gasteiger partial charge is 0.619 e. The van der Waals surface area contributed by atoms with Crippen LogP contribution in [-0.2, 0) is 4.74 Å². The highest BCUT2D eigenvalue weighted by Gasteiger charge is 2.73. The molecule has 0 aromatic carbocycles. The van der Waals surface area contributed by atoms with E-state index in [0.29, 0.717) is 37.5 Å². The average Bonchev–Trinajstić information content (AvgIpc) is 2.82. The quantitative estimate of drug-likeness (QED) is 0.301. The number of morpholine rings is 1. The molecule has 0 aromatic rings. The summed E-state index contributed by atoms with van der Waals surface area (Å²) in [5, 5.41) is 34.4. The van der Waals surface area contributed by atoms with Gasteiger partial charge in [0.15, 0.2) is 0 Å². The number of hydroxylamine groups is 2. The maximum Gasteiger partial charge on any atom is 0.303 e. The van der Waals surface area contributed by atoms with Crippen LogP contribution in [0.25, 0.3) is 0 Å². The molecule has 0 unspecified atom stereocenters. The number of nitrogens with zero attached hydrogens (tertiary/aromatic N) is 1. The van der Waals surface area contributed by atoms with Crippen molar-refractivity contribution in [3.63, 3.8) is 0 Å². The van der Waals surface area contributed by atoms with E-state index >= 15 is 0 Å². The monoisotopic (exact) mass is 324 g/mol. The van der Waals surface area contributed by atoms with Gasteiger partial charge in [0.05, 0.1) is 25.3 Å². The number of ether oxygens (including phenoxy) is 1. The summed E-state index contributed by atoms with van der Waals surface area (Å²) in [6.45, 7) is 2.91. The Hall–Kier alpha value is -1.15. The van der Waals surface area contributed by atoms with E-state index in [1.54, 1.807) is 0 Å². The van der Waals surface area contributed by atoms with Crippen molar-refractivity contribution < 1.29 is 24.7 Å². The first-order valence-corrected chi connectivity index (χ1v) is 8.75. The molecule has 0 bridgehead atoms. The maximum atomic E-state index is 13.4. The Morgan fingerprint density at radius 3 is 2.87 bits per heavy atom. The fourth-order valence-corrected chi connectivity index (χ4v) is 5.44. The van der Waals surface area contributed by atoms with Crippen LogP contribution in [0.5, 0.6) is 0 Å². The second-order valence-corrected chi connectivity index (χ2v) is 7.21. The van der Waals surface area contributed by atoms with Crippen LogP contribution in [0.15, 0.2) is 11.8 Å². The van der Waals surface area contributed by atoms with E-state index in [1.165, 1.54) is 4.90 Å². The van der Waals surface area contributed by atoms with Gasteiger partial charge in [-0.2, -0.15) is 4.74 Å². The highest BCUT2D eigenvalue weighted by molar-refractivity contribution is 5.94. The van der Waals surface area contributed by atoms with Gasteiger partial charge in [-0.05, 0) is 19.3 Å². The lowest BCUT2D eigenvalue weighted by atomic mass is 9.67. The molecule has 0 aromatic heterocycles. The van der Waals surface area contributed by atoms with E-state index in [0.717, 1.165) is 43.5 Å². The number of allylic oxidation sites excluding steroid dienone is 1. The summed E-state index contributed by atoms with van der Waals surface area (Å²) >= 11 is 0. The Morgan fingerprint density at radius 2 is 2.13 bits per heavy atom. The maximum absolute atomic E-state index is 13.4. The van der Waals surface area contributed by atoms with Crippen molar-refractivity contribution in [1.29, 1.82) is 0 Å². The molecule has 2 fully saturated rings. The van der Waals surface area contributed by atoms with Crippen molar-refractivity contribution in [2.45, 2.75) is 49.8 Å². The zero-order valence-corrected chi connectivity index (χ0v) is 13.4. The zero-order valence-electron chi connectivity index (χ0n) is 13.4. The normalized spacial score (nSPS) is 41.3. The van der Waals surface area contributed by atoms with Gasteiger partial charge >= 0.3 is 5.66 Å². The molecular formula is C16H26N3O4+. The second kappa shape index (κ2) is 5.44. The van der Waals surface area contributed by atoms with E-state index in [9.17, 15) is 15.5 Å². The molecular weight excluding hydrogens is 298 g/mol. The van der Waals surface area contributed by atoms with Crippen LogP contribution in [0.3, 0.4) is 0 Å². The molecule has 7 heteroatoms. The fraction of sp³-hybridized carbons (Fsp3) is 0.812. The van der Waals surface area contributed by atoms with E-state index in [1.807, 2.05) is 6.08 Å². The standard InChI is InChI=1S/C16H25N3O4/c20-16-12-4-1-2-7-15(12,18-8-10-23-11-9-18)19(22)14(16)6-3-5-13(16)17-21/h5,12,17,20-21H,1-4,6-11H2/p+1/t12-,15+,16-/m0/s1. The molecule has 0 amide bonds. The number of nitrogens with one attached hydrogen (secondary N) is 2. The minimum Gasteiger partial charge on any atom is -0.619 e. The molecule has 0 spiro atoms. The van der Waals surface area contributed by atoms with Crippen molar-refractivity contribution in [2.75, 3.05) is 26.3 Å². The molecule has 128 valence electrons. The Balaban J connectivity index is 1.84. The van der Waals surface area contributed by atoms with Gasteiger partial charge in [0.1, 0.15) is 19.0 Å². The summed E-state index contributed by atoms with van der Waals surface area (Å²) in [7, 11) is 0. The molecule has 4 rings (SSSR count). The van der Waals surface area contributed by atoms with Crippen molar-refractivity contribution in [1.82, 2.24) is 5.48 Å². The molecule has 4 aliphatic rings. The molecule has 1 saturated heterocycles. The van der Waals surface area contributed by atoms with Crippen molar-refractivity contribution in [3.8, 4) is 0 Å². The van der Waals surface area contributed by atoms with Gasteiger partial charge in [-0.15, -0.1) is 0 Å². The first-order chi connectivity index (χ1) is 11.2. The molecule has 1 saturated carbocycles. The van der Waals surface area contributed by atoms with Crippen LogP contribution >= 0.6 is 0 Å². The number of aliphatic hydroxyl groups is 1. The predicted octanol–water partition coefficient (Wildman–Crippen LogP) is -0.859. The van der Waals surface area contributed by atoms with Crippen molar-refractivity contribution in [2.24, 2.45) is 5.92 Å². The molecule has 2 heterocycles. The fourth-order valence-electron chi connectivity index (χ4n) is 5.44. The lowest BCUT2D eigenvalue weighted by molar-refractivity contribution is -1.05. The highest BCUT2D eigenvalue weighted by atomic mass is 16.5. The van der Waals surface area contributed by atoms with Crippen LogP contribution in [0.1, 0.15) is 38.5 Å². The number of hydrogen-bond donors (Lipinski definition) is 4. The zero-order chi connectivity index (χ0) is 16.1. The van der Waals surface area contributed by atoms with E-state index in [4.69, 9.17) is 4.74 Å². The van der Waals surface area contributed by atoms with Gasteiger partial charge in [-0.25, -0.2) is 0 Å². The van der Waals surface area contributed by atoms with Crippen LogP contribution < -0.4 is 10.4 Å². The van der Waals surface area contributed by atoms with E-state index < -0.39 is 11.3 Å². The summed E-state index contributed by atoms with van der Waals surface area (Å²) in [6.07, 6.45) is 6.68. The summed E-state index contributed by atoms with van der Waals surface area (Å²) in [4.78, 5) is 1.23. The smallest absolute Gasteiger partial charge is 0.303 e. The van der Waals surface area contributed by atoms with Crippen LogP contribution in [0, 0.1) is 11.1 Å². The van der Waals surface area contributed by atoms with Gasteiger partial charge in [0, 0.05) is 6.42 Å². The molecule has 4 N–H and O–H groups in total. The topological polar surface area (TPSA) is 92.2 Å². The van der Waals surface area contributed by atoms with Crippen LogP contribution in [0.4, 0.5) is 0 Å².